The molecular formula is C14H16N2O. The quantitative estimate of drug-likeness (QED) is 0.757. The van der Waals surface area contributed by atoms with Gasteiger partial charge in [0.05, 0.1) is 5.52 Å². The first-order chi connectivity index (χ1) is 8.13. The largest absolute Gasteiger partial charge is 0.348 e. The highest BCUT2D eigenvalue weighted by Crippen LogP contribution is 2.18. The Morgan fingerprint density at radius 3 is 2.88 bits per heavy atom. The predicted octanol–water partition coefficient (Wildman–Crippen LogP) is 2.59. The van der Waals surface area contributed by atoms with E-state index >= 15 is 0 Å². The molecule has 0 saturated carbocycles. The maximum Gasteiger partial charge on any atom is 0.348 e. The Morgan fingerprint density at radius 1 is 1.41 bits per heavy atom. The SMILES string of the molecule is C=CCCn1c(=O)ncc2cc(C)cc(C)c21. The molecule has 0 aliphatic heterocycles. The fraction of sp³-hybridized carbons (Fsp3) is 0.286. The maximum atomic E-state index is 11.8. The maximum absolute atomic E-state index is 11.8. The molecule has 2 rings (SSSR count). The summed E-state index contributed by atoms with van der Waals surface area (Å²) in [4.78, 5) is 15.7. The second-order valence-corrected chi connectivity index (χ2v) is 4.29. The van der Waals surface area contributed by atoms with Gasteiger partial charge in [0.15, 0.2) is 0 Å². The molecule has 0 atom stereocenters. The van der Waals surface area contributed by atoms with E-state index in [-0.39, 0.29) is 5.69 Å². The van der Waals surface area contributed by atoms with E-state index in [2.05, 4.69) is 23.7 Å². The molecule has 17 heavy (non-hydrogen) atoms. The first-order valence-corrected chi connectivity index (χ1v) is 5.71. The molecule has 1 aromatic carbocycles. The summed E-state index contributed by atoms with van der Waals surface area (Å²) in [5.74, 6) is 0. The van der Waals surface area contributed by atoms with Crippen molar-refractivity contribution in [2.75, 3.05) is 0 Å². The van der Waals surface area contributed by atoms with E-state index in [1.165, 1.54) is 5.56 Å². The molecule has 0 radical (unpaired) electrons. The molecule has 1 heterocycles. The van der Waals surface area contributed by atoms with Gasteiger partial charge in [0, 0.05) is 18.1 Å². The molecule has 0 aliphatic rings. The van der Waals surface area contributed by atoms with Gasteiger partial charge in [-0.25, -0.2) is 9.78 Å². The molecule has 88 valence electrons. The molecule has 3 heteroatoms. The summed E-state index contributed by atoms with van der Waals surface area (Å²) in [6.07, 6.45) is 4.24. The van der Waals surface area contributed by atoms with Crippen molar-refractivity contribution in [3.8, 4) is 0 Å². The molecule has 0 aliphatic carbocycles. The number of hydrogen-bond acceptors (Lipinski definition) is 2. The van der Waals surface area contributed by atoms with Crippen LogP contribution in [-0.4, -0.2) is 9.55 Å². The lowest BCUT2D eigenvalue weighted by Crippen LogP contribution is -2.23. The molecule has 2 aromatic rings. The van der Waals surface area contributed by atoms with Gasteiger partial charge in [-0.05, 0) is 31.9 Å². The van der Waals surface area contributed by atoms with Gasteiger partial charge in [-0.2, -0.15) is 0 Å². The molecule has 0 saturated heterocycles. The number of aryl methyl sites for hydroxylation is 3. The number of fused-ring (bicyclic) bond motifs is 1. The second kappa shape index (κ2) is 4.53. The highest BCUT2D eigenvalue weighted by molar-refractivity contribution is 5.82. The lowest BCUT2D eigenvalue weighted by molar-refractivity contribution is 0.686. The van der Waals surface area contributed by atoms with Crippen molar-refractivity contribution in [2.45, 2.75) is 26.8 Å². The van der Waals surface area contributed by atoms with Crippen molar-refractivity contribution in [2.24, 2.45) is 0 Å². The van der Waals surface area contributed by atoms with Gasteiger partial charge in [0.25, 0.3) is 0 Å². The Balaban J connectivity index is 2.75. The second-order valence-electron chi connectivity index (χ2n) is 4.29. The van der Waals surface area contributed by atoms with Crippen LogP contribution >= 0.6 is 0 Å². The third-order valence-corrected chi connectivity index (χ3v) is 2.85. The molecule has 3 nitrogen and oxygen atoms in total. The lowest BCUT2D eigenvalue weighted by atomic mass is 10.1. The number of benzene rings is 1. The predicted molar refractivity (Wildman–Crippen MR) is 70.3 cm³/mol. The Kier molecular flexibility index (Phi) is 3.09. The van der Waals surface area contributed by atoms with Crippen molar-refractivity contribution >= 4 is 10.9 Å². The molecule has 0 amide bonds. The van der Waals surface area contributed by atoms with Gasteiger partial charge in [0.2, 0.25) is 0 Å². The summed E-state index contributed by atoms with van der Waals surface area (Å²) in [5, 5.41) is 1.02. The molecule has 0 N–H and O–H groups in total. The van der Waals surface area contributed by atoms with Gasteiger partial charge >= 0.3 is 5.69 Å². The minimum atomic E-state index is -0.189. The lowest BCUT2D eigenvalue weighted by Gasteiger charge is -2.11. The van der Waals surface area contributed by atoms with Crippen LogP contribution in [0.3, 0.4) is 0 Å². The van der Waals surface area contributed by atoms with E-state index in [9.17, 15) is 4.79 Å². The minimum absolute atomic E-state index is 0.189. The zero-order valence-electron chi connectivity index (χ0n) is 10.2. The molecule has 0 unspecified atom stereocenters. The normalized spacial score (nSPS) is 10.7. The molecular weight excluding hydrogens is 212 g/mol. The summed E-state index contributed by atoms with van der Waals surface area (Å²) < 4.78 is 1.73. The minimum Gasteiger partial charge on any atom is -0.291 e. The van der Waals surface area contributed by atoms with Gasteiger partial charge in [0.1, 0.15) is 0 Å². The number of rotatable bonds is 3. The Morgan fingerprint density at radius 2 is 2.18 bits per heavy atom. The summed E-state index contributed by atoms with van der Waals surface area (Å²) in [6.45, 7) is 8.40. The van der Waals surface area contributed by atoms with E-state index in [0.29, 0.717) is 6.54 Å². The standard InChI is InChI=1S/C14H16N2O/c1-4-5-6-16-13-11(3)7-10(2)8-12(13)9-15-14(16)17/h4,7-9H,1,5-6H2,2-3H3. The molecule has 0 bridgehead atoms. The van der Waals surface area contributed by atoms with Crippen LogP contribution in [0.2, 0.25) is 0 Å². The van der Waals surface area contributed by atoms with Crippen LogP contribution in [-0.2, 0) is 6.54 Å². The zero-order chi connectivity index (χ0) is 12.4. The first kappa shape index (κ1) is 11.6. The average molecular weight is 228 g/mol. The molecule has 1 aromatic heterocycles. The third-order valence-electron chi connectivity index (χ3n) is 2.85. The average Bonchev–Trinajstić information content (AvgIpc) is 2.28. The third kappa shape index (κ3) is 2.13. The highest BCUT2D eigenvalue weighted by atomic mass is 16.1. The highest BCUT2D eigenvalue weighted by Gasteiger charge is 2.06. The van der Waals surface area contributed by atoms with E-state index in [0.717, 1.165) is 22.9 Å². The van der Waals surface area contributed by atoms with Crippen LogP contribution in [0.15, 0.2) is 35.8 Å². The number of allylic oxidation sites excluding steroid dienone is 1. The van der Waals surface area contributed by atoms with Crippen LogP contribution in [0.1, 0.15) is 17.5 Å². The number of aromatic nitrogens is 2. The fourth-order valence-corrected chi connectivity index (χ4v) is 2.18. The number of nitrogens with zero attached hydrogens (tertiary/aromatic N) is 2. The molecule has 0 spiro atoms. The summed E-state index contributed by atoms with van der Waals surface area (Å²) in [7, 11) is 0. The smallest absolute Gasteiger partial charge is 0.291 e. The Bertz CT molecular complexity index is 626. The van der Waals surface area contributed by atoms with Crippen LogP contribution in [0.25, 0.3) is 10.9 Å². The van der Waals surface area contributed by atoms with Crippen LogP contribution in [0.5, 0.6) is 0 Å². The summed E-state index contributed by atoms with van der Waals surface area (Å²) >= 11 is 0. The fourth-order valence-electron chi connectivity index (χ4n) is 2.18. The van der Waals surface area contributed by atoms with Crippen molar-refractivity contribution in [3.63, 3.8) is 0 Å². The van der Waals surface area contributed by atoms with E-state index < -0.39 is 0 Å². The monoisotopic (exact) mass is 228 g/mol. The van der Waals surface area contributed by atoms with E-state index in [1.807, 2.05) is 19.9 Å². The summed E-state index contributed by atoms with van der Waals surface area (Å²) in [6, 6.07) is 4.14. The van der Waals surface area contributed by atoms with Crippen molar-refractivity contribution in [1.29, 1.82) is 0 Å². The van der Waals surface area contributed by atoms with Crippen molar-refractivity contribution < 1.29 is 0 Å². The van der Waals surface area contributed by atoms with Crippen LogP contribution < -0.4 is 5.69 Å². The van der Waals surface area contributed by atoms with Crippen LogP contribution in [0.4, 0.5) is 0 Å². The van der Waals surface area contributed by atoms with Gasteiger partial charge in [-0.15, -0.1) is 6.58 Å². The molecule has 0 fully saturated rings. The van der Waals surface area contributed by atoms with Crippen LogP contribution in [0, 0.1) is 13.8 Å². The van der Waals surface area contributed by atoms with Gasteiger partial charge in [-0.3, -0.25) is 4.57 Å². The van der Waals surface area contributed by atoms with Crippen molar-refractivity contribution in [3.05, 3.63) is 52.6 Å². The zero-order valence-corrected chi connectivity index (χ0v) is 10.2. The topological polar surface area (TPSA) is 34.9 Å². The van der Waals surface area contributed by atoms with Gasteiger partial charge in [-0.1, -0.05) is 17.7 Å². The Hall–Kier alpha value is -1.90. The van der Waals surface area contributed by atoms with Crippen molar-refractivity contribution in [1.82, 2.24) is 9.55 Å². The first-order valence-electron chi connectivity index (χ1n) is 5.71. The Labute approximate surface area is 100 Å². The number of hydrogen-bond donors (Lipinski definition) is 0. The summed E-state index contributed by atoms with van der Waals surface area (Å²) in [5.41, 5.74) is 3.10. The van der Waals surface area contributed by atoms with Gasteiger partial charge < -0.3 is 0 Å². The van der Waals surface area contributed by atoms with E-state index in [1.54, 1.807) is 10.8 Å². The van der Waals surface area contributed by atoms with E-state index in [4.69, 9.17) is 0 Å².